The lowest BCUT2D eigenvalue weighted by Crippen LogP contribution is -2.45. The number of benzene rings is 2. The van der Waals surface area contributed by atoms with Crippen molar-refractivity contribution in [3.63, 3.8) is 0 Å². The SMILES string of the molecule is COc1ccc(C(C2CCC(=O)NC2=O)n2c(=O)n(C)c3c(Br)cccc32)cc1. The number of carbonyl (C=O) groups excluding carboxylic acids is 2. The Morgan fingerprint density at radius 3 is 2.52 bits per heavy atom. The number of nitrogens with zero attached hydrogens (tertiary/aromatic N) is 2. The molecule has 8 heteroatoms. The number of imidazole rings is 1. The average Bonchev–Trinajstić information content (AvgIpc) is 2.96. The van der Waals surface area contributed by atoms with Gasteiger partial charge in [-0.05, 0) is 52.2 Å². The number of hydrogen-bond acceptors (Lipinski definition) is 4. The van der Waals surface area contributed by atoms with Gasteiger partial charge in [0.05, 0.1) is 30.1 Å². The van der Waals surface area contributed by atoms with Crippen LogP contribution in [0, 0.1) is 5.92 Å². The normalized spacial score (nSPS) is 18.0. The minimum atomic E-state index is -0.556. The van der Waals surface area contributed by atoms with Crippen LogP contribution in [0.4, 0.5) is 0 Å². The predicted molar refractivity (Wildman–Crippen MR) is 112 cm³/mol. The van der Waals surface area contributed by atoms with E-state index in [1.54, 1.807) is 35.4 Å². The predicted octanol–water partition coefficient (Wildman–Crippen LogP) is 2.75. The number of piperidine rings is 1. The van der Waals surface area contributed by atoms with Gasteiger partial charge in [0.2, 0.25) is 11.8 Å². The molecule has 4 rings (SSSR count). The van der Waals surface area contributed by atoms with Gasteiger partial charge in [0.15, 0.2) is 0 Å². The number of aromatic nitrogens is 2. The van der Waals surface area contributed by atoms with E-state index < -0.39 is 12.0 Å². The topological polar surface area (TPSA) is 82.3 Å². The van der Waals surface area contributed by atoms with Crippen molar-refractivity contribution in [2.75, 3.05) is 7.11 Å². The Balaban J connectivity index is 1.96. The second-order valence-corrected chi connectivity index (χ2v) is 7.95. The van der Waals surface area contributed by atoms with Gasteiger partial charge in [-0.3, -0.25) is 24.0 Å². The monoisotopic (exact) mass is 457 g/mol. The Kier molecular flexibility index (Phi) is 5.04. The van der Waals surface area contributed by atoms with Crippen LogP contribution in [-0.2, 0) is 16.6 Å². The van der Waals surface area contributed by atoms with Crippen LogP contribution in [0.2, 0.25) is 0 Å². The van der Waals surface area contributed by atoms with Crippen LogP contribution in [-0.4, -0.2) is 28.1 Å². The highest BCUT2D eigenvalue weighted by molar-refractivity contribution is 9.10. The highest BCUT2D eigenvalue weighted by Gasteiger charge is 2.37. The van der Waals surface area contributed by atoms with Crippen LogP contribution >= 0.6 is 15.9 Å². The number of ether oxygens (including phenoxy) is 1. The third kappa shape index (κ3) is 3.27. The van der Waals surface area contributed by atoms with Crippen LogP contribution in [0.1, 0.15) is 24.4 Å². The fraction of sp³-hybridized carbons (Fsp3) is 0.286. The number of methoxy groups -OCH3 is 1. The van der Waals surface area contributed by atoms with Crippen molar-refractivity contribution in [1.82, 2.24) is 14.5 Å². The van der Waals surface area contributed by atoms with E-state index in [-0.39, 0.29) is 23.9 Å². The minimum absolute atomic E-state index is 0.225. The molecule has 150 valence electrons. The number of fused-ring (bicyclic) bond motifs is 1. The Bertz CT molecular complexity index is 1160. The van der Waals surface area contributed by atoms with Gasteiger partial charge in [-0.2, -0.15) is 0 Å². The van der Waals surface area contributed by atoms with Crippen molar-refractivity contribution < 1.29 is 14.3 Å². The minimum Gasteiger partial charge on any atom is -0.497 e. The summed E-state index contributed by atoms with van der Waals surface area (Å²) >= 11 is 3.52. The number of hydrogen-bond donors (Lipinski definition) is 1. The molecule has 7 nitrogen and oxygen atoms in total. The molecule has 1 saturated heterocycles. The Hall–Kier alpha value is -2.87. The maximum atomic E-state index is 13.3. The lowest BCUT2D eigenvalue weighted by molar-refractivity contribution is -0.137. The molecule has 1 aliphatic heterocycles. The molecule has 2 amide bonds. The number of amides is 2. The summed E-state index contributed by atoms with van der Waals surface area (Å²) in [4.78, 5) is 37.7. The van der Waals surface area contributed by atoms with Crippen molar-refractivity contribution in [3.05, 3.63) is 63.0 Å². The zero-order chi connectivity index (χ0) is 20.7. The molecule has 0 spiro atoms. The van der Waals surface area contributed by atoms with Crippen LogP contribution < -0.4 is 15.7 Å². The molecule has 1 aliphatic rings. The summed E-state index contributed by atoms with van der Waals surface area (Å²) in [7, 11) is 3.29. The first-order chi connectivity index (χ1) is 13.9. The fourth-order valence-electron chi connectivity index (χ4n) is 4.03. The molecular weight excluding hydrogens is 438 g/mol. The molecule has 1 fully saturated rings. The van der Waals surface area contributed by atoms with Gasteiger partial charge < -0.3 is 4.74 Å². The van der Waals surface area contributed by atoms with Crippen molar-refractivity contribution in [2.45, 2.75) is 18.9 Å². The zero-order valence-corrected chi connectivity index (χ0v) is 17.6. The molecule has 0 radical (unpaired) electrons. The third-order valence-electron chi connectivity index (χ3n) is 5.45. The molecule has 0 bridgehead atoms. The molecule has 3 aromatic rings. The number of rotatable bonds is 4. The summed E-state index contributed by atoms with van der Waals surface area (Å²) in [6.07, 6.45) is 0.616. The van der Waals surface area contributed by atoms with Crippen molar-refractivity contribution >= 4 is 38.8 Å². The average molecular weight is 458 g/mol. The number of para-hydroxylation sites is 1. The molecule has 0 saturated carbocycles. The van der Waals surface area contributed by atoms with Crippen LogP contribution in [0.25, 0.3) is 11.0 Å². The second kappa shape index (κ2) is 7.51. The quantitative estimate of drug-likeness (QED) is 0.610. The fourth-order valence-corrected chi connectivity index (χ4v) is 4.66. The van der Waals surface area contributed by atoms with Crippen molar-refractivity contribution in [2.24, 2.45) is 13.0 Å². The summed E-state index contributed by atoms with van der Waals surface area (Å²) < 4.78 is 9.27. The van der Waals surface area contributed by atoms with Crippen molar-refractivity contribution in [3.8, 4) is 5.75 Å². The smallest absolute Gasteiger partial charge is 0.329 e. The maximum Gasteiger partial charge on any atom is 0.329 e. The second-order valence-electron chi connectivity index (χ2n) is 7.09. The van der Waals surface area contributed by atoms with E-state index in [0.717, 1.165) is 21.1 Å². The summed E-state index contributed by atoms with van der Waals surface area (Å²) in [6.45, 7) is 0. The van der Waals surface area contributed by atoms with Crippen LogP contribution in [0.5, 0.6) is 5.75 Å². The molecular formula is C21H20BrN3O4. The first-order valence-electron chi connectivity index (χ1n) is 9.25. The molecule has 2 aromatic carbocycles. The first-order valence-corrected chi connectivity index (χ1v) is 10.0. The molecule has 2 atom stereocenters. The van der Waals surface area contributed by atoms with E-state index in [1.165, 1.54) is 0 Å². The Morgan fingerprint density at radius 2 is 1.86 bits per heavy atom. The molecule has 29 heavy (non-hydrogen) atoms. The Morgan fingerprint density at radius 1 is 1.14 bits per heavy atom. The van der Waals surface area contributed by atoms with Crippen molar-refractivity contribution in [1.29, 1.82) is 0 Å². The van der Waals surface area contributed by atoms with E-state index in [0.29, 0.717) is 12.2 Å². The van der Waals surface area contributed by atoms with Crippen LogP contribution in [0.15, 0.2) is 51.7 Å². The molecule has 1 aromatic heterocycles. The number of aryl methyl sites for hydroxylation is 1. The standard InChI is InChI=1S/C21H20BrN3O4/c1-24-19-15(22)4-3-5-16(19)25(21(24)28)18(12-6-8-13(29-2)9-7-12)14-10-11-17(26)23-20(14)27/h3-9,14,18H,10-11H2,1-2H3,(H,23,26,27). The van der Waals surface area contributed by atoms with E-state index in [9.17, 15) is 14.4 Å². The number of imide groups is 1. The van der Waals surface area contributed by atoms with E-state index in [2.05, 4.69) is 21.2 Å². The number of nitrogens with one attached hydrogen (secondary N) is 1. The lowest BCUT2D eigenvalue weighted by Gasteiger charge is -2.30. The molecule has 2 unspecified atom stereocenters. The van der Waals surface area contributed by atoms with E-state index in [4.69, 9.17) is 4.74 Å². The number of carbonyl (C=O) groups is 2. The molecule has 2 heterocycles. The van der Waals surface area contributed by atoms with E-state index in [1.807, 2.05) is 30.3 Å². The summed E-state index contributed by atoms with van der Waals surface area (Å²) in [5.41, 5.74) is 2.05. The van der Waals surface area contributed by atoms with Crippen LogP contribution in [0.3, 0.4) is 0 Å². The van der Waals surface area contributed by atoms with Gasteiger partial charge in [0.1, 0.15) is 5.75 Å². The molecule has 1 N–H and O–H groups in total. The first kappa shape index (κ1) is 19.4. The maximum absolute atomic E-state index is 13.3. The summed E-state index contributed by atoms with van der Waals surface area (Å²) in [5.74, 6) is -0.513. The van der Waals surface area contributed by atoms with Gasteiger partial charge in [-0.15, -0.1) is 0 Å². The highest BCUT2D eigenvalue weighted by Crippen LogP contribution is 2.35. The lowest BCUT2D eigenvalue weighted by atomic mass is 9.86. The van der Waals surface area contributed by atoms with Gasteiger partial charge in [-0.25, -0.2) is 4.79 Å². The highest BCUT2D eigenvalue weighted by atomic mass is 79.9. The van der Waals surface area contributed by atoms with Gasteiger partial charge >= 0.3 is 5.69 Å². The third-order valence-corrected chi connectivity index (χ3v) is 6.09. The summed E-state index contributed by atoms with van der Waals surface area (Å²) in [6, 6.07) is 12.4. The van der Waals surface area contributed by atoms with Gasteiger partial charge in [0, 0.05) is 17.9 Å². The van der Waals surface area contributed by atoms with Gasteiger partial charge in [-0.1, -0.05) is 18.2 Å². The number of halogens is 1. The van der Waals surface area contributed by atoms with E-state index >= 15 is 0 Å². The zero-order valence-electron chi connectivity index (χ0n) is 16.0. The summed E-state index contributed by atoms with van der Waals surface area (Å²) in [5, 5.41) is 2.42. The largest absolute Gasteiger partial charge is 0.497 e. The van der Waals surface area contributed by atoms with Gasteiger partial charge in [0.25, 0.3) is 0 Å². The Labute approximate surface area is 175 Å². The molecule has 0 aliphatic carbocycles.